The lowest BCUT2D eigenvalue weighted by Crippen LogP contribution is -2.45. The summed E-state index contributed by atoms with van der Waals surface area (Å²) in [6.07, 6.45) is 75.1. The average Bonchev–Trinajstić information content (AvgIpc) is 3.37. The Kier molecular flexibility index (Phi) is 59.5. The van der Waals surface area contributed by atoms with Gasteiger partial charge in [-0.3, -0.25) is 9.59 Å². The Balaban J connectivity index is 3.42. The van der Waals surface area contributed by atoms with E-state index in [2.05, 4.69) is 31.3 Å². The van der Waals surface area contributed by atoms with Crippen molar-refractivity contribution >= 4 is 11.9 Å². The van der Waals surface area contributed by atoms with E-state index >= 15 is 0 Å². The number of allylic oxidation sites excluding steroid dienone is 3. The van der Waals surface area contributed by atoms with Crippen LogP contribution in [0.5, 0.6) is 0 Å². The van der Waals surface area contributed by atoms with Crippen molar-refractivity contribution in [3.63, 3.8) is 0 Å². The Bertz CT molecular complexity index is 1110. The molecule has 0 rings (SSSR count). The van der Waals surface area contributed by atoms with Crippen LogP contribution in [-0.4, -0.2) is 47.4 Å². The third-order valence-corrected chi connectivity index (χ3v) is 15.0. The van der Waals surface area contributed by atoms with Gasteiger partial charge in [0.2, 0.25) is 5.91 Å². The minimum atomic E-state index is -0.848. The largest absolute Gasteiger partial charge is 0.466 e. The molecule has 1 amide bonds. The molecule has 0 aromatic rings. The fourth-order valence-electron chi connectivity index (χ4n) is 10.0. The Hall–Kier alpha value is -1.66. The fraction of sp³-hybridized carbons (Fsp3) is 0.908. The van der Waals surface area contributed by atoms with Gasteiger partial charge in [0.05, 0.1) is 25.4 Å². The van der Waals surface area contributed by atoms with E-state index in [0.717, 1.165) is 44.9 Å². The standard InChI is InChI=1S/C65H125NO5/c1-3-5-7-9-11-13-15-17-19-30-33-37-41-45-49-53-57-63(68)62(61-67)66-64(69)58-54-50-46-42-38-34-31-27-25-23-21-20-22-24-26-28-32-36-40-44-48-52-56-60-71-65(70)59-55-51-47-43-39-35-29-18-16-14-12-10-8-6-4-2/h23,25,53,57,62-63,67-68H,3-22,24,26-52,54-56,58-61H2,1-2H3,(H,66,69)/b25-23-,57-53+. The van der Waals surface area contributed by atoms with E-state index in [1.54, 1.807) is 6.08 Å². The minimum Gasteiger partial charge on any atom is -0.466 e. The van der Waals surface area contributed by atoms with E-state index in [1.807, 2.05) is 6.08 Å². The lowest BCUT2D eigenvalue weighted by Gasteiger charge is -2.20. The van der Waals surface area contributed by atoms with Gasteiger partial charge in [0.25, 0.3) is 0 Å². The lowest BCUT2D eigenvalue weighted by atomic mass is 10.0. The maximum Gasteiger partial charge on any atom is 0.305 e. The van der Waals surface area contributed by atoms with Crippen LogP contribution in [0.25, 0.3) is 0 Å². The molecule has 2 unspecified atom stereocenters. The summed E-state index contributed by atoms with van der Waals surface area (Å²) in [5.41, 5.74) is 0. The van der Waals surface area contributed by atoms with Gasteiger partial charge < -0.3 is 20.3 Å². The predicted octanol–water partition coefficient (Wildman–Crippen LogP) is 20.2. The van der Waals surface area contributed by atoms with Crippen LogP contribution >= 0.6 is 0 Å². The predicted molar refractivity (Wildman–Crippen MR) is 310 cm³/mol. The summed E-state index contributed by atoms with van der Waals surface area (Å²) in [5, 5.41) is 23.1. The second kappa shape index (κ2) is 60.9. The minimum absolute atomic E-state index is 0.0143. The highest BCUT2D eigenvalue weighted by molar-refractivity contribution is 5.76. The zero-order chi connectivity index (χ0) is 51.4. The number of esters is 1. The quantitative estimate of drug-likeness (QED) is 0.0320. The highest BCUT2D eigenvalue weighted by atomic mass is 16.5. The molecule has 0 aromatic heterocycles. The van der Waals surface area contributed by atoms with Gasteiger partial charge in [0.1, 0.15) is 0 Å². The maximum absolute atomic E-state index is 12.5. The topological polar surface area (TPSA) is 95.9 Å². The number of carbonyl (C=O) groups is 2. The third kappa shape index (κ3) is 57.5. The molecule has 3 N–H and O–H groups in total. The number of hydrogen-bond acceptors (Lipinski definition) is 5. The molecule has 0 aliphatic heterocycles. The van der Waals surface area contributed by atoms with Gasteiger partial charge >= 0.3 is 5.97 Å². The summed E-state index contributed by atoms with van der Waals surface area (Å²) in [5.74, 6) is -0.0579. The zero-order valence-electron chi connectivity index (χ0n) is 48.0. The number of hydrogen-bond donors (Lipinski definition) is 3. The van der Waals surface area contributed by atoms with Crippen LogP contribution in [0.4, 0.5) is 0 Å². The molecule has 71 heavy (non-hydrogen) atoms. The van der Waals surface area contributed by atoms with E-state index in [9.17, 15) is 19.8 Å². The molecule has 420 valence electrons. The molecule has 0 radical (unpaired) electrons. The number of aliphatic hydroxyl groups is 2. The second-order valence-corrected chi connectivity index (χ2v) is 22.1. The first-order chi connectivity index (χ1) is 35.0. The molecule has 2 atom stereocenters. The summed E-state index contributed by atoms with van der Waals surface area (Å²) in [7, 11) is 0. The molecule has 0 fully saturated rings. The first-order valence-electron chi connectivity index (χ1n) is 32.1. The van der Waals surface area contributed by atoms with Crippen molar-refractivity contribution in [2.45, 2.75) is 366 Å². The number of carbonyl (C=O) groups excluding carboxylic acids is 2. The van der Waals surface area contributed by atoms with E-state index in [1.165, 1.54) is 283 Å². The molecule has 0 spiro atoms. The van der Waals surface area contributed by atoms with Crippen molar-refractivity contribution in [2.24, 2.45) is 0 Å². The molecule has 0 saturated carbocycles. The summed E-state index contributed by atoms with van der Waals surface area (Å²) < 4.78 is 5.49. The normalized spacial score (nSPS) is 12.7. The fourth-order valence-corrected chi connectivity index (χ4v) is 10.0. The number of nitrogens with one attached hydrogen (secondary N) is 1. The molecule has 0 heterocycles. The van der Waals surface area contributed by atoms with Gasteiger partial charge in [-0.2, -0.15) is 0 Å². The van der Waals surface area contributed by atoms with Crippen LogP contribution in [0.15, 0.2) is 24.3 Å². The van der Waals surface area contributed by atoms with Crippen molar-refractivity contribution in [3.05, 3.63) is 24.3 Å². The summed E-state index contributed by atoms with van der Waals surface area (Å²) in [4.78, 5) is 24.5. The SMILES string of the molecule is CCCCCCCCCCCCCCCC/C=C/C(O)C(CO)NC(=O)CCCCCCCCC/C=C\CCCCCCCCCCCCCCOC(=O)CCCCCCCCCCCCCCCCC. The van der Waals surface area contributed by atoms with Crippen LogP contribution in [0.3, 0.4) is 0 Å². The van der Waals surface area contributed by atoms with Crippen molar-refractivity contribution < 1.29 is 24.5 Å². The summed E-state index contributed by atoms with van der Waals surface area (Å²) in [6, 6.07) is -0.632. The number of unbranched alkanes of at least 4 members (excludes halogenated alkanes) is 47. The zero-order valence-corrected chi connectivity index (χ0v) is 48.0. The van der Waals surface area contributed by atoms with Crippen molar-refractivity contribution in [1.82, 2.24) is 5.32 Å². The van der Waals surface area contributed by atoms with E-state index < -0.39 is 12.1 Å². The Labute approximate surface area is 443 Å². The number of aliphatic hydroxyl groups excluding tert-OH is 2. The molecule has 0 aromatic carbocycles. The third-order valence-electron chi connectivity index (χ3n) is 15.0. The monoisotopic (exact) mass is 1000 g/mol. The highest BCUT2D eigenvalue weighted by Gasteiger charge is 2.18. The molecule has 6 nitrogen and oxygen atoms in total. The van der Waals surface area contributed by atoms with E-state index in [4.69, 9.17) is 4.74 Å². The second-order valence-electron chi connectivity index (χ2n) is 22.1. The molecule has 0 saturated heterocycles. The smallest absolute Gasteiger partial charge is 0.305 e. The number of rotatable bonds is 60. The molecule has 0 aliphatic rings. The lowest BCUT2D eigenvalue weighted by molar-refractivity contribution is -0.143. The van der Waals surface area contributed by atoms with Crippen LogP contribution in [0, 0.1) is 0 Å². The van der Waals surface area contributed by atoms with Gasteiger partial charge in [-0.1, -0.05) is 308 Å². The first-order valence-corrected chi connectivity index (χ1v) is 32.1. The van der Waals surface area contributed by atoms with Crippen LogP contribution < -0.4 is 5.32 Å². The molecule has 0 aliphatic carbocycles. The Morgan fingerprint density at radius 2 is 0.662 bits per heavy atom. The summed E-state index contributed by atoms with van der Waals surface area (Å²) in [6.45, 7) is 4.93. The van der Waals surface area contributed by atoms with Crippen LogP contribution in [0.2, 0.25) is 0 Å². The van der Waals surface area contributed by atoms with Gasteiger partial charge in [-0.25, -0.2) is 0 Å². The summed E-state index contributed by atoms with van der Waals surface area (Å²) >= 11 is 0. The van der Waals surface area contributed by atoms with Crippen molar-refractivity contribution in [3.8, 4) is 0 Å². The van der Waals surface area contributed by atoms with Crippen LogP contribution in [0.1, 0.15) is 354 Å². The van der Waals surface area contributed by atoms with Crippen LogP contribution in [-0.2, 0) is 14.3 Å². The van der Waals surface area contributed by atoms with Crippen molar-refractivity contribution in [1.29, 1.82) is 0 Å². The van der Waals surface area contributed by atoms with Gasteiger partial charge in [-0.05, 0) is 57.8 Å². The van der Waals surface area contributed by atoms with Gasteiger partial charge in [0, 0.05) is 12.8 Å². The number of ether oxygens (including phenoxy) is 1. The molecular weight excluding hydrogens is 875 g/mol. The highest BCUT2D eigenvalue weighted by Crippen LogP contribution is 2.18. The van der Waals surface area contributed by atoms with Crippen molar-refractivity contribution in [2.75, 3.05) is 13.2 Å². The molecule has 0 bridgehead atoms. The number of amides is 1. The van der Waals surface area contributed by atoms with Gasteiger partial charge in [0.15, 0.2) is 0 Å². The maximum atomic E-state index is 12.5. The average molecular weight is 1000 g/mol. The van der Waals surface area contributed by atoms with E-state index in [0.29, 0.717) is 19.4 Å². The van der Waals surface area contributed by atoms with E-state index in [-0.39, 0.29) is 18.5 Å². The molecule has 6 heteroatoms. The molecular formula is C65H125NO5. The first kappa shape index (κ1) is 69.3. The Morgan fingerprint density at radius 3 is 1.00 bits per heavy atom. The Morgan fingerprint density at radius 1 is 0.380 bits per heavy atom. The van der Waals surface area contributed by atoms with Gasteiger partial charge in [-0.15, -0.1) is 0 Å².